The van der Waals surface area contributed by atoms with E-state index in [-0.39, 0.29) is 0 Å². The zero-order chi connectivity index (χ0) is 16.8. The van der Waals surface area contributed by atoms with E-state index in [1.807, 2.05) is 12.1 Å². The summed E-state index contributed by atoms with van der Waals surface area (Å²) < 4.78 is 10.7. The minimum absolute atomic E-state index is 0.541. The van der Waals surface area contributed by atoms with E-state index in [1.165, 1.54) is 5.56 Å². The van der Waals surface area contributed by atoms with Gasteiger partial charge >= 0.3 is 0 Å². The summed E-state index contributed by atoms with van der Waals surface area (Å²) in [6.45, 7) is 13.2. The molecular formula is C19H30N2O2. The molecule has 23 heavy (non-hydrogen) atoms. The van der Waals surface area contributed by atoms with Crippen LogP contribution >= 0.6 is 0 Å². The standard InChI is InChI=1S/C19H30N2O2/c1-6-9-20-11-16(3)21(12-15(20)2)13-17-7-8-19(23-5)18(10-17)14-22-4/h6-8,10,15-16H,1,9,11-14H2,2-5H3/t15-,16-/m1/s1. The van der Waals surface area contributed by atoms with Gasteiger partial charge in [-0.25, -0.2) is 0 Å². The molecule has 1 aromatic carbocycles. The molecule has 1 fully saturated rings. The zero-order valence-electron chi connectivity index (χ0n) is 14.9. The van der Waals surface area contributed by atoms with Crippen LogP contribution in [0.15, 0.2) is 30.9 Å². The quantitative estimate of drug-likeness (QED) is 0.722. The summed E-state index contributed by atoms with van der Waals surface area (Å²) in [4.78, 5) is 5.06. The third kappa shape index (κ3) is 4.56. The van der Waals surface area contributed by atoms with Crippen LogP contribution in [0, 0.1) is 0 Å². The molecule has 0 aromatic heterocycles. The molecule has 4 heteroatoms. The molecule has 128 valence electrons. The maximum atomic E-state index is 5.41. The molecule has 1 saturated heterocycles. The normalized spacial score (nSPS) is 23.0. The first-order valence-electron chi connectivity index (χ1n) is 8.32. The Morgan fingerprint density at radius 2 is 1.87 bits per heavy atom. The highest BCUT2D eigenvalue weighted by Crippen LogP contribution is 2.23. The van der Waals surface area contributed by atoms with Gasteiger partial charge in [-0.3, -0.25) is 9.80 Å². The first kappa shape index (κ1) is 18.0. The van der Waals surface area contributed by atoms with Gasteiger partial charge < -0.3 is 9.47 Å². The molecular weight excluding hydrogens is 288 g/mol. The smallest absolute Gasteiger partial charge is 0.124 e. The van der Waals surface area contributed by atoms with Gasteiger partial charge in [0.25, 0.3) is 0 Å². The third-order valence-electron chi connectivity index (χ3n) is 4.64. The van der Waals surface area contributed by atoms with Gasteiger partial charge in [0, 0.05) is 50.9 Å². The zero-order valence-corrected chi connectivity index (χ0v) is 14.9. The number of methoxy groups -OCH3 is 2. The number of piperazine rings is 1. The number of benzene rings is 1. The summed E-state index contributed by atoms with van der Waals surface area (Å²) in [6.07, 6.45) is 2.00. The molecule has 2 rings (SSSR count). The highest BCUT2D eigenvalue weighted by atomic mass is 16.5. The molecule has 0 unspecified atom stereocenters. The number of hydrogen-bond acceptors (Lipinski definition) is 4. The van der Waals surface area contributed by atoms with Gasteiger partial charge in [-0.2, -0.15) is 0 Å². The average Bonchev–Trinajstić information content (AvgIpc) is 2.53. The molecule has 1 heterocycles. The Morgan fingerprint density at radius 3 is 2.52 bits per heavy atom. The molecule has 4 nitrogen and oxygen atoms in total. The van der Waals surface area contributed by atoms with E-state index in [1.54, 1.807) is 14.2 Å². The second kappa shape index (κ2) is 8.48. The van der Waals surface area contributed by atoms with Crippen molar-refractivity contribution in [2.24, 2.45) is 0 Å². The summed E-state index contributed by atoms with van der Waals surface area (Å²) in [5, 5.41) is 0. The SMILES string of the molecule is C=CCN1C[C@@H](C)N(Cc2ccc(OC)c(COC)c2)C[C@H]1C. The Hall–Kier alpha value is -1.36. The van der Waals surface area contributed by atoms with Crippen molar-refractivity contribution in [3.8, 4) is 5.75 Å². The molecule has 0 bridgehead atoms. The minimum Gasteiger partial charge on any atom is -0.496 e. The Morgan fingerprint density at radius 1 is 1.17 bits per heavy atom. The van der Waals surface area contributed by atoms with Crippen molar-refractivity contribution in [2.75, 3.05) is 33.9 Å². The predicted octanol–water partition coefficient (Wildman–Crippen LogP) is 2.92. The second-order valence-electron chi connectivity index (χ2n) is 6.45. The van der Waals surface area contributed by atoms with E-state index in [0.717, 1.165) is 37.5 Å². The van der Waals surface area contributed by atoms with Crippen LogP contribution in [0.3, 0.4) is 0 Å². The van der Waals surface area contributed by atoms with Gasteiger partial charge in [0.05, 0.1) is 13.7 Å². The van der Waals surface area contributed by atoms with E-state index in [2.05, 4.69) is 42.4 Å². The molecule has 0 radical (unpaired) electrons. The van der Waals surface area contributed by atoms with Crippen LogP contribution in [0.4, 0.5) is 0 Å². The van der Waals surface area contributed by atoms with Gasteiger partial charge in [0.2, 0.25) is 0 Å². The van der Waals surface area contributed by atoms with E-state index in [9.17, 15) is 0 Å². The molecule has 0 N–H and O–H groups in total. The lowest BCUT2D eigenvalue weighted by molar-refractivity contribution is 0.0451. The lowest BCUT2D eigenvalue weighted by Crippen LogP contribution is -2.55. The Kier molecular flexibility index (Phi) is 6.63. The Labute approximate surface area is 140 Å². The fourth-order valence-electron chi connectivity index (χ4n) is 3.34. The van der Waals surface area contributed by atoms with Crippen LogP contribution in [0.25, 0.3) is 0 Å². The Bertz CT molecular complexity index is 518. The largest absolute Gasteiger partial charge is 0.496 e. The van der Waals surface area contributed by atoms with Crippen molar-refractivity contribution in [2.45, 2.75) is 39.1 Å². The van der Waals surface area contributed by atoms with Crippen LogP contribution in [0.2, 0.25) is 0 Å². The summed E-state index contributed by atoms with van der Waals surface area (Å²) in [5.41, 5.74) is 2.42. The van der Waals surface area contributed by atoms with Crippen LogP contribution in [0.1, 0.15) is 25.0 Å². The second-order valence-corrected chi connectivity index (χ2v) is 6.45. The van der Waals surface area contributed by atoms with Gasteiger partial charge in [0.1, 0.15) is 5.75 Å². The minimum atomic E-state index is 0.541. The molecule has 1 aliphatic heterocycles. The fourth-order valence-corrected chi connectivity index (χ4v) is 3.34. The molecule has 0 saturated carbocycles. The number of nitrogens with zero attached hydrogens (tertiary/aromatic N) is 2. The van der Waals surface area contributed by atoms with Gasteiger partial charge in [-0.15, -0.1) is 6.58 Å². The fraction of sp³-hybridized carbons (Fsp3) is 0.579. The van der Waals surface area contributed by atoms with Gasteiger partial charge in [-0.05, 0) is 31.5 Å². The van der Waals surface area contributed by atoms with Crippen molar-refractivity contribution in [1.29, 1.82) is 0 Å². The van der Waals surface area contributed by atoms with E-state index < -0.39 is 0 Å². The lowest BCUT2D eigenvalue weighted by atomic mass is 10.0. The maximum Gasteiger partial charge on any atom is 0.124 e. The first-order valence-corrected chi connectivity index (χ1v) is 8.32. The van der Waals surface area contributed by atoms with Crippen molar-refractivity contribution in [3.05, 3.63) is 42.0 Å². The van der Waals surface area contributed by atoms with Crippen LogP contribution in [-0.4, -0.2) is 55.7 Å². The third-order valence-corrected chi connectivity index (χ3v) is 4.64. The summed E-state index contributed by atoms with van der Waals surface area (Å²) in [5.74, 6) is 0.896. The average molecular weight is 318 g/mol. The van der Waals surface area contributed by atoms with Gasteiger partial charge in [0.15, 0.2) is 0 Å². The summed E-state index contributed by atoms with van der Waals surface area (Å²) in [6, 6.07) is 7.51. The molecule has 1 aliphatic rings. The summed E-state index contributed by atoms with van der Waals surface area (Å²) in [7, 11) is 3.42. The van der Waals surface area contributed by atoms with Crippen molar-refractivity contribution in [3.63, 3.8) is 0 Å². The molecule has 0 aliphatic carbocycles. The monoisotopic (exact) mass is 318 g/mol. The topological polar surface area (TPSA) is 24.9 Å². The van der Waals surface area contributed by atoms with Crippen LogP contribution in [0.5, 0.6) is 5.75 Å². The molecule has 2 atom stereocenters. The van der Waals surface area contributed by atoms with Crippen LogP contribution in [-0.2, 0) is 17.9 Å². The highest BCUT2D eigenvalue weighted by Gasteiger charge is 2.28. The molecule has 1 aromatic rings. The number of ether oxygens (including phenoxy) is 2. The summed E-state index contributed by atoms with van der Waals surface area (Å²) >= 11 is 0. The molecule has 0 spiro atoms. The van der Waals surface area contributed by atoms with E-state index >= 15 is 0 Å². The van der Waals surface area contributed by atoms with Crippen molar-refractivity contribution < 1.29 is 9.47 Å². The Balaban J connectivity index is 2.06. The molecule has 0 amide bonds. The first-order chi connectivity index (χ1) is 11.1. The van der Waals surface area contributed by atoms with Crippen LogP contribution < -0.4 is 4.74 Å². The van der Waals surface area contributed by atoms with E-state index in [4.69, 9.17) is 9.47 Å². The van der Waals surface area contributed by atoms with Gasteiger partial charge in [-0.1, -0.05) is 12.1 Å². The van der Waals surface area contributed by atoms with Crippen molar-refractivity contribution in [1.82, 2.24) is 9.80 Å². The van der Waals surface area contributed by atoms with E-state index in [0.29, 0.717) is 18.7 Å². The number of rotatable bonds is 7. The van der Waals surface area contributed by atoms with Crippen molar-refractivity contribution >= 4 is 0 Å². The predicted molar refractivity (Wildman–Crippen MR) is 94.8 cm³/mol. The highest BCUT2D eigenvalue weighted by molar-refractivity contribution is 5.37. The number of hydrogen-bond donors (Lipinski definition) is 0. The maximum absolute atomic E-state index is 5.41. The lowest BCUT2D eigenvalue weighted by Gasteiger charge is -2.44.